The summed E-state index contributed by atoms with van der Waals surface area (Å²) in [6, 6.07) is 14.1. The number of nitrogens with one attached hydrogen (secondary N) is 1. The van der Waals surface area contributed by atoms with Crippen LogP contribution in [0.1, 0.15) is 31.9 Å². The first kappa shape index (κ1) is 17.8. The van der Waals surface area contributed by atoms with E-state index in [9.17, 15) is 13.2 Å². The molecule has 1 heterocycles. The Kier molecular flexibility index (Phi) is 5.08. The maximum atomic E-state index is 12.8. The van der Waals surface area contributed by atoms with Crippen molar-refractivity contribution in [2.75, 3.05) is 0 Å². The zero-order valence-corrected chi connectivity index (χ0v) is 15.7. The molecule has 0 aliphatic rings. The molecule has 3 rings (SSSR count). The molecule has 7 heteroatoms. The zero-order chi connectivity index (χ0) is 18.0. The Morgan fingerprint density at radius 1 is 1.12 bits per heavy atom. The minimum Gasteiger partial charge on any atom is -0.299 e. The van der Waals surface area contributed by atoms with E-state index in [-0.39, 0.29) is 15.8 Å². The number of hydrogen-bond donors (Lipinski definition) is 1. The molecule has 1 unspecified atom stereocenters. The van der Waals surface area contributed by atoms with Crippen molar-refractivity contribution in [3.8, 4) is 0 Å². The molecule has 5 nitrogen and oxygen atoms in total. The van der Waals surface area contributed by atoms with Crippen LogP contribution in [0.5, 0.6) is 0 Å². The van der Waals surface area contributed by atoms with Crippen molar-refractivity contribution in [3.05, 3.63) is 63.8 Å². The smallest absolute Gasteiger partial charge is 0.299 e. The van der Waals surface area contributed by atoms with Crippen molar-refractivity contribution >= 4 is 31.6 Å². The highest BCUT2D eigenvalue weighted by Crippen LogP contribution is 2.24. The fourth-order valence-electron chi connectivity index (χ4n) is 2.84. The van der Waals surface area contributed by atoms with E-state index < -0.39 is 10.0 Å². The van der Waals surface area contributed by atoms with E-state index in [1.165, 1.54) is 0 Å². The number of aryl methyl sites for hydroxylation is 1. The fraction of sp³-hybridized carbons (Fsp3) is 0.278. The molecule has 0 spiro atoms. The van der Waals surface area contributed by atoms with Crippen LogP contribution in [0.15, 0.2) is 58.2 Å². The van der Waals surface area contributed by atoms with Crippen LogP contribution in [0.2, 0.25) is 0 Å². The Balaban J connectivity index is 1.97. The van der Waals surface area contributed by atoms with Crippen molar-refractivity contribution in [2.24, 2.45) is 0 Å². The third-order valence-corrected chi connectivity index (χ3v) is 6.59. The molecule has 0 saturated carbocycles. The number of rotatable bonds is 6. The van der Waals surface area contributed by atoms with Crippen molar-refractivity contribution in [1.29, 1.82) is 0 Å². The molecule has 2 aromatic carbocycles. The van der Waals surface area contributed by atoms with Crippen LogP contribution in [0.3, 0.4) is 0 Å². The van der Waals surface area contributed by atoms with Gasteiger partial charge >= 0.3 is 4.87 Å². The summed E-state index contributed by atoms with van der Waals surface area (Å²) >= 11 is 1.07. The van der Waals surface area contributed by atoms with Gasteiger partial charge in [0.2, 0.25) is 10.0 Å². The number of fused-ring (bicyclic) bond motifs is 1. The molecule has 0 fully saturated rings. The molecular weight excluding hydrogens is 356 g/mol. The van der Waals surface area contributed by atoms with Crippen LogP contribution in [-0.2, 0) is 16.6 Å². The molecule has 3 aromatic rings. The summed E-state index contributed by atoms with van der Waals surface area (Å²) in [5.74, 6) is 0. The average Bonchev–Trinajstić information content (AvgIpc) is 2.94. The van der Waals surface area contributed by atoms with Gasteiger partial charge in [-0.3, -0.25) is 9.36 Å². The van der Waals surface area contributed by atoms with Gasteiger partial charge in [0.15, 0.2) is 0 Å². The third kappa shape index (κ3) is 3.53. The molecule has 1 N–H and O–H groups in total. The van der Waals surface area contributed by atoms with Gasteiger partial charge in [-0.25, -0.2) is 13.1 Å². The lowest BCUT2D eigenvalue weighted by atomic mass is 10.1. The Labute approximate surface area is 151 Å². The topological polar surface area (TPSA) is 68.2 Å². The molecule has 25 heavy (non-hydrogen) atoms. The minimum absolute atomic E-state index is 0.0734. The maximum Gasteiger partial charge on any atom is 0.308 e. The van der Waals surface area contributed by atoms with E-state index in [1.807, 2.05) is 44.2 Å². The van der Waals surface area contributed by atoms with Crippen molar-refractivity contribution < 1.29 is 8.42 Å². The Bertz CT molecular complexity index is 1040. The summed E-state index contributed by atoms with van der Waals surface area (Å²) in [5, 5.41) is 0. The average molecular weight is 377 g/mol. The molecule has 0 saturated heterocycles. The molecule has 0 radical (unpaired) electrons. The first-order valence-corrected chi connectivity index (χ1v) is 10.5. The summed E-state index contributed by atoms with van der Waals surface area (Å²) in [4.78, 5) is 12.1. The van der Waals surface area contributed by atoms with Crippen molar-refractivity contribution in [3.63, 3.8) is 0 Å². The van der Waals surface area contributed by atoms with Gasteiger partial charge < -0.3 is 0 Å². The summed E-state index contributed by atoms with van der Waals surface area (Å²) in [6.07, 6.45) is 0.644. The predicted molar refractivity (Wildman–Crippen MR) is 102 cm³/mol. The van der Waals surface area contributed by atoms with E-state index in [1.54, 1.807) is 22.8 Å². The Morgan fingerprint density at radius 3 is 2.48 bits per heavy atom. The monoisotopic (exact) mass is 376 g/mol. The minimum atomic E-state index is -3.68. The Morgan fingerprint density at radius 2 is 1.84 bits per heavy atom. The highest BCUT2D eigenvalue weighted by Gasteiger charge is 2.21. The number of hydrogen-bond acceptors (Lipinski definition) is 4. The quantitative estimate of drug-likeness (QED) is 0.716. The molecular formula is C18H20N2O3S2. The second kappa shape index (κ2) is 7.11. The second-order valence-electron chi connectivity index (χ2n) is 5.73. The van der Waals surface area contributed by atoms with Crippen LogP contribution in [-0.4, -0.2) is 13.0 Å². The van der Waals surface area contributed by atoms with Gasteiger partial charge in [-0.2, -0.15) is 0 Å². The summed E-state index contributed by atoms with van der Waals surface area (Å²) < 4.78 is 30.7. The number of benzene rings is 2. The first-order valence-electron chi connectivity index (χ1n) is 8.17. The van der Waals surface area contributed by atoms with E-state index in [2.05, 4.69) is 4.72 Å². The molecule has 1 aromatic heterocycles. The summed E-state index contributed by atoms with van der Waals surface area (Å²) in [7, 11) is -3.68. The lowest BCUT2D eigenvalue weighted by Crippen LogP contribution is -2.28. The molecule has 0 aliphatic heterocycles. The molecule has 0 aliphatic carbocycles. The van der Waals surface area contributed by atoms with E-state index in [4.69, 9.17) is 0 Å². The van der Waals surface area contributed by atoms with E-state index in [0.717, 1.165) is 22.4 Å². The van der Waals surface area contributed by atoms with E-state index >= 15 is 0 Å². The van der Waals surface area contributed by atoms with Crippen LogP contribution in [0.4, 0.5) is 0 Å². The van der Waals surface area contributed by atoms with Gasteiger partial charge in [-0.15, -0.1) is 0 Å². The second-order valence-corrected chi connectivity index (χ2v) is 8.44. The first-order chi connectivity index (χ1) is 12.0. The van der Waals surface area contributed by atoms with Gasteiger partial charge in [0.25, 0.3) is 0 Å². The van der Waals surface area contributed by atoms with Gasteiger partial charge in [-0.05, 0) is 37.1 Å². The number of aromatic nitrogens is 1. The van der Waals surface area contributed by atoms with Crippen molar-refractivity contribution in [2.45, 2.75) is 37.8 Å². The van der Waals surface area contributed by atoms with Gasteiger partial charge in [0.05, 0.1) is 15.1 Å². The van der Waals surface area contributed by atoms with E-state index in [0.29, 0.717) is 17.7 Å². The van der Waals surface area contributed by atoms with Crippen LogP contribution < -0.4 is 9.60 Å². The predicted octanol–water partition coefficient (Wildman–Crippen LogP) is 3.51. The standard InChI is InChI=1S/C18H20N2O3S2/c1-3-15(13-8-6-5-7-9-13)19-25(22,23)14-10-11-16-17(12-14)24-18(21)20(16)4-2/h5-12,15,19H,3-4H2,1-2H3. The van der Waals surface area contributed by atoms with Crippen molar-refractivity contribution in [1.82, 2.24) is 9.29 Å². The summed E-state index contributed by atoms with van der Waals surface area (Å²) in [6.45, 7) is 4.40. The molecule has 1 atom stereocenters. The number of sulfonamides is 1. The number of thiazole rings is 1. The summed E-state index contributed by atoms with van der Waals surface area (Å²) in [5.41, 5.74) is 1.70. The van der Waals surface area contributed by atoms with Crippen LogP contribution in [0, 0.1) is 0 Å². The lowest BCUT2D eigenvalue weighted by molar-refractivity contribution is 0.550. The molecule has 0 bridgehead atoms. The SMILES string of the molecule is CCC(NS(=O)(=O)c1ccc2c(c1)sc(=O)n2CC)c1ccccc1. The van der Waals surface area contributed by atoms with Gasteiger partial charge in [-0.1, -0.05) is 48.6 Å². The van der Waals surface area contributed by atoms with Crippen LogP contribution >= 0.6 is 11.3 Å². The zero-order valence-electron chi connectivity index (χ0n) is 14.1. The Hall–Kier alpha value is -1.96. The fourth-order valence-corrected chi connectivity index (χ4v) is 5.24. The van der Waals surface area contributed by atoms with Gasteiger partial charge in [0.1, 0.15) is 0 Å². The number of nitrogens with zero attached hydrogens (tertiary/aromatic N) is 1. The lowest BCUT2D eigenvalue weighted by Gasteiger charge is -2.17. The van der Waals surface area contributed by atoms with Gasteiger partial charge in [0, 0.05) is 12.6 Å². The maximum absolute atomic E-state index is 12.8. The third-order valence-electron chi connectivity index (χ3n) is 4.17. The van der Waals surface area contributed by atoms with Crippen LogP contribution in [0.25, 0.3) is 10.2 Å². The molecule has 0 amide bonds. The largest absolute Gasteiger partial charge is 0.308 e. The highest BCUT2D eigenvalue weighted by molar-refractivity contribution is 7.89. The normalized spacial score (nSPS) is 13.2. The highest BCUT2D eigenvalue weighted by atomic mass is 32.2. The molecule has 132 valence electrons.